The molecule has 0 aliphatic rings. The Morgan fingerprint density at radius 2 is 2.05 bits per heavy atom. The second-order valence-electron chi connectivity index (χ2n) is 3.88. The highest BCUT2D eigenvalue weighted by Gasteiger charge is 2.19. The van der Waals surface area contributed by atoms with E-state index >= 15 is 0 Å². The fourth-order valence-electron chi connectivity index (χ4n) is 1.64. The van der Waals surface area contributed by atoms with Gasteiger partial charge in [0.2, 0.25) is 11.7 Å². The van der Waals surface area contributed by atoms with Gasteiger partial charge in [-0.05, 0) is 44.4 Å². The summed E-state index contributed by atoms with van der Waals surface area (Å²) in [5.74, 6) is 0.137. The monoisotopic (exact) mass is 277 g/mol. The molecule has 2 aromatic rings. The third-order valence-electron chi connectivity index (χ3n) is 2.59. The molecule has 4 nitrogen and oxygen atoms in total. The number of esters is 1. The molecule has 0 radical (unpaired) electrons. The van der Waals surface area contributed by atoms with Crippen molar-refractivity contribution in [1.29, 1.82) is 0 Å². The van der Waals surface area contributed by atoms with E-state index in [4.69, 9.17) is 9.15 Å². The van der Waals surface area contributed by atoms with Crippen LogP contribution in [-0.2, 0) is 4.74 Å². The van der Waals surface area contributed by atoms with E-state index in [9.17, 15) is 4.79 Å². The van der Waals surface area contributed by atoms with Crippen molar-refractivity contribution in [3.8, 4) is 11.5 Å². The Balaban J connectivity index is 2.30. The fourth-order valence-corrected chi connectivity index (χ4v) is 2.05. The molecule has 0 aliphatic carbocycles. The van der Waals surface area contributed by atoms with E-state index in [0.717, 1.165) is 10.5 Å². The molecule has 0 bridgehead atoms. The number of thioether (sulfide) groups is 1. The van der Waals surface area contributed by atoms with Crippen molar-refractivity contribution in [1.82, 2.24) is 4.98 Å². The molecule has 0 fully saturated rings. The maximum atomic E-state index is 11.7. The predicted octanol–water partition coefficient (Wildman–Crippen LogP) is 3.55. The zero-order chi connectivity index (χ0) is 13.8. The zero-order valence-corrected chi connectivity index (χ0v) is 11.9. The SMILES string of the molecule is CCOC(=O)c1oc(-c2ccc(SC)cc2)nc1C. The van der Waals surface area contributed by atoms with Crippen LogP contribution in [0.15, 0.2) is 33.6 Å². The minimum Gasteiger partial charge on any atom is -0.460 e. The first-order valence-electron chi connectivity index (χ1n) is 5.94. The largest absolute Gasteiger partial charge is 0.460 e. The van der Waals surface area contributed by atoms with Crippen molar-refractivity contribution in [3.63, 3.8) is 0 Å². The van der Waals surface area contributed by atoms with E-state index in [1.165, 1.54) is 0 Å². The summed E-state index contributed by atoms with van der Waals surface area (Å²) in [6.45, 7) is 3.80. The van der Waals surface area contributed by atoms with Crippen molar-refractivity contribution in [3.05, 3.63) is 35.7 Å². The molecule has 0 amide bonds. The quantitative estimate of drug-likeness (QED) is 0.632. The first-order valence-corrected chi connectivity index (χ1v) is 7.17. The molecule has 0 saturated heterocycles. The van der Waals surface area contributed by atoms with E-state index in [0.29, 0.717) is 18.2 Å². The highest BCUT2D eigenvalue weighted by Crippen LogP contribution is 2.24. The van der Waals surface area contributed by atoms with Crippen LogP contribution in [0.2, 0.25) is 0 Å². The first-order chi connectivity index (χ1) is 9.15. The molecule has 0 N–H and O–H groups in total. The number of carbonyl (C=O) groups excluding carboxylic acids is 1. The molecule has 0 saturated carbocycles. The molecule has 0 spiro atoms. The normalized spacial score (nSPS) is 10.5. The third kappa shape index (κ3) is 2.98. The number of aryl methyl sites for hydroxylation is 1. The highest BCUT2D eigenvalue weighted by molar-refractivity contribution is 7.98. The first kappa shape index (κ1) is 13.7. The number of aromatic nitrogens is 1. The Labute approximate surface area is 116 Å². The Kier molecular flexibility index (Phi) is 4.27. The molecular weight excluding hydrogens is 262 g/mol. The number of carbonyl (C=O) groups is 1. The van der Waals surface area contributed by atoms with Gasteiger partial charge in [-0.3, -0.25) is 0 Å². The standard InChI is InChI=1S/C14H15NO3S/c1-4-17-14(16)12-9(2)15-13(18-12)10-5-7-11(19-3)8-6-10/h5-8H,4H2,1-3H3. The summed E-state index contributed by atoms with van der Waals surface area (Å²) in [6, 6.07) is 7.82. The Bertz CT molecular complexity index is 575. The summed E-state index contributed by atoms with van der Waals surface area (Å²) in [6.07, 6.45) is 2.02. The van der Waals surface area contributed by atoms with Crippen molar-refractivity contribution >= 4 is 17.7 Å². The van der Waals surface area contributed by atoms with E-state index in [1.54, 1.807) is 25.6 Å². The average Bonchev–Trinajstić information content (AvgIpc) is 2.81. The number of nitrogens with zero attached hydrogens (tertiary/aromatic N) is 1. The minimum atomic E-state index is -0.473. The van der Waals surface area contributed by atoms with Crippen LogP contribution in [0.5, 0.6) is 0 Å². The van der Waals surface area contributed by atoms with Crippen LogP contribution in [0.1, 0.15) is 23.2 Å². The molecule has 0 unspecified atom stereocenters. The van der Waals surface area contributed by atoms with Crippen molar-refractivity contribution < 1.29 is 13.9 Å². The second-order valence-corrected chi connectivity index (χ2v) is 4.76. The summed E-state index contributed by atoms with van der Waals surface area (Å²) in [4.78, 5) is 17.1. The zero-order valence-electron chi connectivity index (χ0n) is 11.1. The van der Waals surface area contributed by atoms with E-state index in [2.05, 4.69) is 4.98 Å². The predicted molar refractivity (Wildman–Crippen MR) is 74.4 cm³/mol. The van der Waals surface area contributed by atoms with Gasteiger partial charge in [-0.2, -0.15) is 0 Å². The van der Waals surface area contributed by atoms with Crippen LogP contribution in [-0.4, -0.2) is 23.8 Å². The van der Waals surface area contributed by atoms with Crippen molar-refractivity contribution in [2.45, 2.75) is 18.7 Å². The van der Waals surface area contributed by atoms with Gasteiger partial charge in [0.15, 0.2) is 0 Å². The van der Waals surface area contributed by atoms with Crippen molar-refractivity contribution in [2.75, 3.05) is 12.9 Å². The molecule has 0 atom stereocenters. The van der Waals surface area contributed by atoms with Gasteiger partial charge in [0, 0.05) is 10.5 Å². The lowest BCUT2D eigenvalue weighted by atomic mass is 10.2. The molecule has 1 aromatic heterocycles. The van der Waals surface area contributed by atoms with E-state index < -0.39 is 5.97 Å². The van der Waals surface area contributed by atoms with E-state index in [-0.39, 0.29) is 5.76 Å². The number of benzene rings is 1. The molecule has 1 aromatic carbocycles. The summed E-state index contributed by atoms with van der Waals surface area (Å²) in [7, 11) is 0. The number of hydrogen-bond acceptors (Lipinski definition) is 5. The Morgan fingerprint density at radius 3 is 2.63 bits per heavy atom. The summed E-state index contributed by atoms with van der Waals surface area (Å²) < 4.78 is 10.4. The smallest absolute Gasteiger partial charge is 0.376 e. The van der Waals surface area contributed by atoms with Crippen LogP contribution in [0.4, 0.5) is 0 Å². The maximum absolute atomic E-state index is 11.7. The van der Waals surface area contributed by atoms with Crippen LogP contribution in [0, 0.1) is 6.92 Å². The molecule has 19 heavy (non-hydrogen) atoms. The number of oxazole rings is 1. The van der Waals surface area contributed by atoms with Gasteiger partial charge < -0.3 is 9.15 Å². The highest BCUT2D eigenvalue weighted by atomic mass is 32.2. The van der Waals surface area contributed by atoms with Crippen LogP contribution < -0.4 is 0 Å². The van der Waals surface area contributed by atoms with Crippen LogP contribution >= 0.6 is 11.8 Å². The van der Waals surface area contributed by atoms with Gasteiger partial charge >= 0.3 is 5.97 Å². The molecule has 1 heterocycles. The van der Waals surface area contributed by atoms with Gasteiger partial charge in [-0.15, -0.1) is 11.8 Å². The lowest BCUT2D eigenvalue weighted by Crippen LogP contribution is -2.04. The molecule has 2 rings (SSSR count). The van der Waals surface area contributed by atoms with E-state index in [1.807, 2.05) is 30.5 Å². The lowest BCUT2D eigenvalue weighted by molar-refractivity contribution is 0.0490. The van der Waals surface area contributed by atoms with Gasteiger partial charge in [-0.1, -0.05) is 0 Å². The van der Waals surface area contributed by atoms with Gasteiger partial charge in [0.05, 0.1) is 12.3 Å². The Morgan fingerprint density at radius 1 is 1.37 bits per heavy atom. The number of rotatable bonds is 4. The summed E-state index contributed by atoms with van der Waals surface area (Å²) in [5, 5.41) is 0. The molecule has 0 aliphatic heterocycles. The number of hydrogen-bond donors (Lipinski definition) is 0. The topological polar surface area (TPSA) is 52.3 Å². The minimum absolute atomic E-state index is 0.172. The molecule has 5 heteroatoms. The van der Waals surface area contributed by atoms with Crippen LogP contribution in [0.3, 0.4) is 0 Å². The summed E-state index contributed by atoms with van der Waals surface area (Å²) >= 11 is 1.67. The second kappa shape index (κ2) is 5.93. The van der Waals surface area contributed by atoms with Gasteiger partial charge in [0.25, 0.3) is 0 Å². The lowest BCUT2D eigenvalue weighted by Gasteiger charge is -1.98. The average molecular weight is 277 g/mol. The fraction of sp³-hybridized carbons (Fsp3) is 0.286. The maximum Gasteiger partial charge on any atom is 0.376 e. The number of ether oxygens (including phenoxy) is 1. The third-order valence-corrected chi connectivity index (χ3v) is 3.34. The summed E-state index contributed by atoms with van der Waals surface area (Å²) in [5.41, 5.74) is 1.39. The van der Waals surface area contributed by atoms with Gasteiger partial charge in [-0.25, -0.2) is 9.78 Å². The Hall–Kier alpha value is -1.75. The van der Waals surface area contributed by atoms with Crippen LogP contribution in [0.25, 0.3) is 11.5 Å². The van der Waals surface area contributed by atoms with Gasteiger partial charge in [0.1, 0.15) is 0 Å². The van der Waals surface area contributed by atoms with Crippen molar-refractivity contribution in [2.24, 2.45) is 0 Å². The molecule has 100 valence electrons. The molecular formula is C14H15NO3S.